The Bertz CT molecular complexity index is 3470. The Balaban J connectivity index is 1.01. The predicted molar refractivity (Wildman–Crippen MR) is 240 cm³/mol. The van der Waals surface area contributed by atoms with E-state index in [1.807, 2.05) is 72.0 Å². The molecule has 0 N–H and O–H groups in total. The van der Waals surface area contributed by atoms with Gasteiger partial charge in [-0.25, -0.2) is 15.0 Å². The molecule has 12 aromatic rings. The first-order valence-corrected chi connectivity index (χ1v) is 20.6. The van der Waals surface area contributed by atoms with Crippen LogP contribution in [0.15, 0.2) is 180 Å². The molecule has 0 aliphatic carbocycles. The van der Waals surface area contributed by atoms with Gasteiger partial charge in [-0.2, -0.15) is 0 Å². The zero-order valence-electron chi connectivity index (χ0n) is 30.3. The molecule has 6 heteroatoms. The zero-order valence-corrected chi connectivity index (χ0v) is 31.9. The van der Waals surface area contributed by atoms with E-state index in [4.69, 9.17) is 19.4 Å². The molecule has 12 rings (SSSR count). The van der Waals surface area contributed by atoms with Gasteiger partial charge in [0.15, 0.2) is 17.5 Å². The lowest BCUT2D eigenvalue weighted by molar-refractivity contribution is 0.670. The minimum absolute atomic E-state index is 0.654. The maximum Gasteiger partial charge on any atom is 0.164 e. The van der Waals surface area contributed by atoms with Crippen LogP contribution in [0.5, 0.6) is 0 Å². The largest absolute Gasteiger partial charge is 0.455 e. The quantitative estimate of drug-likeness (QED) is 0.175. The van der Waals surface area contributed by atoms with Gasteiger partial charge in [0.2, 0.25) is 0 Å². The summed E-state index contributed by atoms with van der Waals surface area (Å²) in [4.78, 5) is 14.9. The summed E-state index contributed by atoms with van der Waals surface area (Å²) in [5.74, 6) is 1.97. The average molecular weight is 764 g/mol. The van der Waals surface area contributed by atoms with Crippen LogP contribution >= 0.6 is 22.7 Å². The number of furan rings is 1. The molecule has 0 aliphatic heterocycles. The molecule has 8 aromatic carbocycles. The summed E-state index contributed by atoms with van der Waals surface area (Å²) in [6.07, 6.45) is 0. The number of benzene rings is 8. The van der Waals surface area contributed by atoms with Gasteiger partial charge in [-0.1, -0.05) is 133 Å². The topological polar surface area (TPSA) is 51.8 Å². The second-order valence-corrected chi connectivity index (χ2v) is 16.5. The van der Waals surface area contributed by atoms with Crippen molar-refractivity contribution in [2.45, 2.75) is 0 Å². The second kappa shape index (κ2) is 12.8. The van der Waals surface area contributed by atoms with Crippen LogP contribution < -0.4 is 0 Å². The fourth-order valence-corrected chi connectivity index (χ4v) is 10.6. The second-order valence-electron chi connectivity index (χ2n) is 14.3. The van der Waals surface area contributed by atoms with Gasteiger partial charge in [0.1, 0.15) is 11.2 Å². The number of para-hydroxylation sites is 1. The highest BCUT2D eigenvalue weighted by Gasteiger charge is 2.21. The van der Waals surface area contributed by atoms with E-state index < -0.39 is 0 Å². The molecule has 0 fully saturated rings. The van der Waals surface area contributed by atoms with Crippen molar-refractivity contribution in [3.05, 3.63) is 176 Å². The summed E-state index contributed by atoms with van der Waals surface area (Å²) >= 11 is 3.64. The van der Waals surface area contributed by atoms with Crippen LogP contribution in [0.4, 0.5) is 0 Å². The number of nitrogens with zero attached hydrogens (tertiary/aromatic N) is 3. The number of hydrogen-bond acceptors (Lipinski definition) is 6. The lowest BCUT2D eigenvalue weighted by Gasteiger charge is -2.10. The van der Waals surface area contributed by atoms with Crippen molar-refractivity contribution in [3.8, 4) is 56.4 Å². The Morgan fingerprint density at radius 1 is 0.333 bits per heavy atom. The number of rotatable bonds is 5. The molecular formula is C51H29N3OS2. The first kappa shape index (κ1) is 32.3. The van der Waals surface area contributed by atoms with Gasteiger partial charge in [0.05, 0.1) is 0 Å². The predicted octanol–water partition coefficient (Wildman–Crippen LogP) is 14.8. The minimum atomic E-state index is 0.654. The van der Waals surface area contributed by atoms with Gasteiger partial charge >= 0.3 is 0 Å². The van der Waals surface area contributed by atoms with Gasteiger partial charge in [0, 0.05) is 73.4 Å². The molecule has 0 unspecified atom stereocenters. The summed E-state index contributed by atoms with van der Waals surface area (Å²) < 4.78 is 11.8. The Hall–Kier alpha value is -6.99. The molecule has 4 nitrogen and oxygen atoms in total. The summed E-state index contributed by atoms with van der Waals surface area (Å²) in [7, 11) is 0. The van der Waals surface area contributed by atoms with Gasteiger partial charge < -0.3 is 4.42 Å². The molecule has 57 heavy (non-hydrogen) atoms. The molecule has 4 heterocycles. The van der Waals surface area contributed by atoms with E-state index in [1.54, 1.807) is 11.3 Å². The number of hydrogen-bond donors (Lipinski definition) is 0. The normalized spacial score (nSPS) is 11.9. The third kappa shape index (κ3) is 5.22. The summed E-state index contributed by atoms with van der Waals surface area (Å²) in [5, 5.41) is 7.28. The summed E-state index contributed by atoms with van der Waals surface area (Å²) in [6, 6.07) is 62.0. The molecule has 0 saturated heterocycles. The minimum Gasteiger partial charge on any atom is -0.455 e. The van der Waals surface area contributed by atoms with Crippen molar-refractivity contribution in [1.29, 1.82) is 0 Å². The van der Waals surface area contributed by atoms with Crippen molar-refractivity contribution < 1.29 is 4.42 Å². The third-order valence-corrected chi connectivity index (χ3v) is 13.2. The van der Waals surface area contributed by atoms with Gasteiger partial charge in [-0.05, 0) is 59.2 Å². The number of fused-ring (bicyclic) bond motifs is 9. The molecular weight excluding hydrogens is 735 g/mol. The van der Waals surface area contributed by atoms with Crippen molar-refractivity contribution in [2.24, 2.45) is 0 Å². The van der Waals surface area contributed by atoms with Gasteiger partial charge in [0.25, 0.3) is 0 Å². The molecule has 4 aromatic heterocycles. The van der Waals surface area contributed by atoms with E-state index in [0.29, 0.717) is 17.5 Å². The fraction of sp³-hybridized carbons (Fsp3) is 0. The molecule has 0 amide bonds. The molecule has 0 saturated carbocycles. The average Bonchev–Trinajstić information content (AvgIpc) is 3.98. The van der Waals surface area contributed by atoms with E-state index in [2.05, 4.69) is 115 Å². The van der Waals surface area contributed by atoms with Crippen LogP contribution in [0.1, 0.15) is 0 Å². The molecule has 0 spiro atoms. The maximum absolute atomic E-state index is 6.80. The summed E-state index contributed by atoms with van der Waals surface area (Å²) in [6.45, 7) is 0. The van der Waals surface area contributed by atoms with Crippen LogP contribution in [0.3, 0.4) is 0 Å². The highest BCUT2D eigenvalue weighted by molar-refractivity contribution is 7.26. The molecule has 266 valence electrons. The molecule has 0 bridgehead atoms. The van der Waals surface area contributed by atoms with Gasteiger partial charge in [-0.3, -0.25) is 0 Å². The van der Waals surface area contributed by atoms with Crippen LogP contribution in [-0.4, -0.2) is 15.0 Å². The Labute approximate surface area is 335 Å². The van der Waals surface area contributed by atoms with E-state index in [-0.39, 0.29) is 0 Å². The lowest BCUT2D eigenvalue weighted by atomic mass is 9.92. The zero-order chi connectivity index (χ0) is 37.5. The standard InChI is InChI=1S/C51H29N3OS2/c1-3-12-30(13-4-1)49-52-50(31-14-5-2-6-15-31)54-51(53-49)33-22-24-35-40-28-32(23-27-43(40)57-45(35)29-33)34-25-26-37(47-38-16-7-9-19-41(38)55-48(34)47)36-18-11-21-44-46(36)39-17-8-10-20-42(39)56-44/h1-29H. The van der Waals surface area contributed by atoms with E-state index in [9.17, 15) is 0 Å². The van der Waals surface area contributed by atoms with Crippen molar-refractivity contribution in [2.75, 3.05) is 0 Å². The highest BCUT2D eigenvalue weighted by Crippen LogP contribution is 2.47. The Kier molecular flexibility index (Phi) is 7.24. The smallest absolute Gasteiger partial charge is 0.164 e. The van der Waals surface area contributed by atoms with E-state index >= 15 is 0 Å². The molecule has 0 atom stereocenters. The van der Waals surface area contributed by atoms with E-state index in [0.717, 1.165) is 49.8 Å². The maximum atomic E-state index is 6.80. The first-order valence-electron chi connectivity index (χ1n) is 18.9. The first-order chi connectivity index (χ1) is 28.2. The summed E-state index contributed by atoms with van der Waals surface area (Å²) in [5.41, 5.74) is 9.29. The monoisotopic (exact) mass is 763 g/mol. The van der Waals surface area contributed by atoms with Crippen molar-refractivity contribution in [3.63, 3.8) is 0 Å². The van der Waals surface area contributed by atoms with Crippen LogP contribution in [0.2, 0.25) is 0 Å². The number of thiophene rings is 2. The molecule has 0 aliphatic rings. The Morgan fingerprint density at radius 3 is 1.72 bits per heavy atom. The number of aromatic nitrogens is 3. The fourth-order valence-electron chi connectivity index (χ4n) is 8.30. The third-order valence-electron chi connectivity index (χ3n) is 11.0. The Morgan fingerprint density at radius 2 is 0.930 bits per heavy atom. The van der Waals surface area contributed by atoms with Crippen LogP contribution in [-0.2, 0) is 0 Å². The van der Waals surface area contributed by atoms with Crippen molar-refractivity contribution in [1.82, 2.24) is 15.0 Å². The van der Waals surface area contributed by atoms with Gasteiger partial charge in [-0.15, -0.1) is 22.7 Å². The van der Waals surface area contributed by atoms with E-state index in [1.165, 1.54) is 51.5 Å². The van der Waals surface area contributed by atoms with Crippen LogP contribution in [0.25, 0.3) is 119 Å². The molecule has 0 radical (unpaired) electrons. The lowest BCUT2D eigenvalue weighted by Crippen LogP contribution is -1.99. The SMILES string of the molecule is c1ccc(-c2nc(-c3ccccc3)nc(-c3ccc4c(c3)sc3ccc(-c5ccc(-c6cccc7sc8ccccc8c67)c6c5oc5ccccc56)cc34)n2)cc1. The highest BCUT2D eigenvalue weighted by atomic mass is 32.1. The van der Waals surface area contributed by atoms with Crippen molar-refractivity contribution >= 4 is 85.0 Å². The van der Waals surface area contributed by atoms with Crippen LogP contribution in [0, 0.1) is 0 Å².